The van der Waals surface area contributed by atoms with Gasteiger partial charge in [-0.05, 0) is 172 Å². The highest BCUT2D eigenvalue weighted by Gasteiger charge is 2.28. The summed E-state index contributed by atoms with van der Waals surface area (Å²) in [6, 6.07) is 133. The lowest BCUT2D eigenvalue weighted by Gasteiger charge is -2.29. The van der Waals surface area contributed by atoms with Gasteiger partial charge in [0, 0.05) is 103 Å². The summed E-state index contributed by atoms with van der Waals surface area (Å²) < 4.78 is 18.0. The monoisotopic (exact) mass is 1360 g/mol. The first-order valence-electron chi connectivity index (χ1n) is 35.2. The molecule has 8 heteroatoms. The van der Waals surface area contributed by atoms with Gasteiger partial charge >= 0.3 is 0 Å². The van der Waals surface area contributed by atoms with Crippen LogP contribution in [0, 0.1) is 0 Å². The van der Waals surface area contributed by atoms with E-state index in [0.717, 1.165) is 139 Å². The summed E-state index contributed by atoms with van der Waals surface area (Å²) in [5.74, 6) is 0. The van der Waals surface area contributed by atoms with E-state index in [1.54, 1.807) is 0 Å². The number of thiophene rings is 2. The summed E-state index contributed by atoms with van der Waals surface area (Å²) in [5, 5.41) is 16.0. The van der Waals surface area contributed by atoms with Crippen LogP contribution >= 0.6 is 22.7 Å². The van der Waals surface area contributed by atoms with Crippen molar-refractivity contribution < 1.29 is 8.83 Å². The Hall–Kier alpha value is -13.2. The smallest absolute Gasteiger partial charge is 0.137 e. The van der Waals surface area contributed by atoms with Gasteiger partial charge in [0.25, 0.3) is 0 Å². The van der Waals surface area contributed by atoms with Gasteiger partial charge in [-0.15, -0.1) is 22.7 Å². The second-order valence-electron chi connectivity index (χ2n) is 26.6. The van der Waals surface area contributed by atoms with Crippen molar-refractivity contribution in [1.29, 1.82) is 0 Å². The molecule has 6 nitrogen and oxygen atoms in total. The van der Waals surface area contributed by atoms with Crippen LogP contribution in [0.3, 0.4) is 0 Å². The van der Waals surface area contributed by atoms with E-state index in [1.807, 2.05) is 34.8 Å². The molecule has 4 aromatic heterocycles. The lowest BCUT2D eigenvalue weighted by Crippen LogP contribution is -2.11. The van der Waals surface area contributed by atoms with Crippen molar-refractivity contribution in [3.05, 3.63) is 364 Å². The number of para-hydroxylation sites is 5. The Morgan fingerprint density at radius 3 is 1.29 bits per heavy atom. The maximum absolute atomic E-state index is 6.63. The minimum absolute atomic E-state index is 0.848. The average Bonchev–Trinajstić information content (AvgIpc) is 1.54. The van der Waals surface area contributed by atoms with E-state index in [0.29, 0.717) is 0 Å². The molecule has 0 aliphatic rings. The summed E-state index contributed by atoms with van der Waals surface area (Å²) in [7, 11) is 0. The molecule has 0 radical (unpaired) electrons. The highest BCUT2D eigenvalue weighted by Crippen LogP contribution is 2.55. The number of furan rings is 2. The van der Waals surface area contributed by atoms with Crippen LogP contribution in [0.2, 0.25) is 0 Å². The van der Waals surface area contributed by atoms with Crippen LogP contribution in [-0.4, -0.2) is 0 Å². The molecule has 0 fully saturated rings. The predicted octanol–water partition coefficient (Wildman–Crippen LogP) is 29.2. The molecular formula is C96H60N4O2S2. The molecule has 0 bridgehead atoms. The zero-order valence-electron chi connectivity index (χ0n) is 56.1. The molecule has 4 heterocycles. The molecule has 0 saturated heterocycles. The van der Waals surface area contributed by atoms with Gasteiger partial charge in [-0.1, -0.05) is 218 Å². The molecule has 0 amide bonds. The Morgan fingerprint density at radius 1 is 0.202 bits per heavy atom. The number of hydrogen-bond acceptors (Lipinski definition) is 8. The van der Waals surface area contributed by atoms with E-state index in [1.165, 1.54) is 56.5 Å². The Bertz CT molecular complexity index is 6930. The van der Waals surface area contributed by atoms with Crippen molar-refractivity contribution >= 4 is 207 Å². The fraction of sp³-hybridized carbons (Fsp3) is 0. The number of rotatable bonds is 13. The van der Waals surface area contributed by atoms with Crippen LogP contribution in [0.25, 0.3) is 128 Å². The Kier molecular flexibility index (Phi) is 13.9. The Morgan fingerprint density at radius 2 is 0.625 bits per heavy atom. The molecule has 0 atom stereocenters. The number of benzene rings is 17. The highest BCUT2D eigenvalue weighted by atomic mass is 32.1. The van der Waals surface area contributed by atoms with Gasteiger partial charge in [0.1, 0.15) is 22.3 Å². The highest BCUT2D eigenvalue weighted by molar-refractivity contribution is 7.27. The summed E-state index contributed by atoms with van der Waals surface area (Å²) in [4.78, 5) is 9.83. The first kappa shape index (κ1) is 59.6. The second-order valence-corrected chi connectivity index (χ2v) is 28.7. The van der Waals surface area contributed by atoms with Crippen LogP contribution in [0.1, 0.15) is 0 Å². The molecule has 21 rings (SSSR count). The lowest BCUT2D eigenvalue weighted by molar-refractivity contribution is 0.668. The summed E-state index contributed by atoms with van der Waals surface area (Å²) in [6.45, 7) is 0. The van der Waals surface area contributed by atoms with Crippen molar-refractivity contribution in [3.8, 4) is 11.1 Å². The van der Waals surface area contributed by atoms with Gasteiger partial charge in [0.15, 0.2) is 0 Å². The van der Waals surface area contributed by atoms with Crippen LogP contribution in [0.5, 0.6) is 0 Å². The normalized spacial score (nSPS) is 11.8. The van der Waals surface area contributed by atoms with Gasteiger partial charge < -0.3 is 28.4 Å². The predicted molar refractivity (Wildman–Crippen MR) is 443 cm³/mol. The lowest BCUT2D eigenvalue weighted by atomic mass is 9.91. The first-order chi connectivity index (χ1) is 51.6. The minimum atomic E-state index is 0.848. The molecule has 21 aromatic rings. The molecule has 0 N–H and O–H groups in total. The number of hydrogen-bond donors (Lipinski definition) is 0. The number of nitrogens with zero attached hydrogens (tertiary/aromatic N) is 4. The van der Waals surface area contributed by atoms with Crippen molar-refractivity contribution in [1.82, 2.24) is 0 Å². The topological polar surface area (TPSA) is 39.2 Å². The minimum Gasteiger partial charge on any atom is -0.456 e. The van der Waals surface area contributed by atoms with E-state index in [9.17, 15) is 0 Å². The van der Waals surface area contributed by atoms with Crippen molar-refractivity contribution in [3.63, 3.8) is 0 Å². The molecule has 0 spiro atoms. The third kappa shape index (κ3) is 9.61. The third-order valence-corrected chi connectivity index (χ3v) is 23.1. The van der Waals surface area contributed by atoms with Gasteiger partial charge in [-0.3, -0.25) is 0 Å². The Labute approximate surface area is 606 Å². The fourth-order valence-electron chi connectivity index (χ4n) is 16.2. The molecule has 0 aliphatic carbocycles. The maximum atomic E-state index is 6.63. The quantitative estimate of drug-likeness (QED) is 0.107. The van der Waals surface area contributed by atoms with Crippen LogP contribution in [0.15, 0.2) is 373 Å². The van der Waals surface area contributed by atoms with E-state index in [2.05, 4.69) is 371 Å². The maximum Gasteiger partial charge on any atom is 0.137 e. The van der Waals surface area contributed by atoms with Crippen molar-refractivity contribution in [2.24, 2.45) is 0 Å². The third-order valence-electron chi connectivity index (χ3n) is 20.7. The van der Waals surface area contributed by atoms with Gasteiger partial charge in [-0.2, -0.15) is 0 Å². The SMILES string of the molecule is c1ccc(N(c2cccc(-c3cccc4c(N(c5ccc6oc7ccccc7c6c5)c5cccc6sc7c(N(c8ccccc8)c8ccccc8)cccc7c56)cc5ccccc5c34)c2)c2cccc3c2sc2cccc(N(c4ccc5c(c4)oc4ccccc45)c4cccc5ccccc45)c23)cc1. The van der Waals surface area contributed by atoms with E-state index >= 15 is 0 Å². The van der Waals surface area contributed by atoms with E-state index in [4.69, 9.17) is 8.83 Å². The first-order valence-corrected chi connectivity index (χ1v) is 36.8. The summed E-state index contributed by atoms with van der Waals surface area (Å²) in [6.07, 6.45) is 0. The van der Waals surface area contributed by atoms with Crippen LogP contribution in [-0.2, 0) is 0 Å². The zero-order valence-corrected chi connectivity index (χ0v) is 57.7. The van der Waals surface area contributed by atoms with Crippen LogP contribution in [0.4, 0.5) is 68.2 Å². The molecule has 17 aromatic carbocycles. The van der Waals surface area contributed by atoms with Gasteiger partial charge in [0.2, 0.25) is 0 Å². The molecule has 0 saturated carbocycles. The van der Waals surface area contributed by atoms with Crippen molar-refractivity contribution in [2.75, 3.05) is 19.6 Å². The van der Waals surface area contributed by atoms with E-state index < -0.39 is 0 Å². The molecule has 488 valence electrons. The standard InChI is InChI=1S/C96H60N4O2S2/c1-4-29-64(30-5-1)97(65-31-6-2-7-32-65)83-47-21-42-78-94-82(46-24-52-91(94)103-95(78)83)100(68-54-56-88-79(59-68)74-39-15-17-50-87(74)101-88)85-58-63-26-11-13-37-71(63)92-72(40-20-41-76(85)92)62-28-18-35-67(57-62)98(66-33-8-3-9-34-66)84-48-22-43-77-93-81(45-23-51-90(93)104-96(77)84)99(80-44-19-27-61-25-10-12-36-70(61)80)69-53-55-75-73-38-14-16-49-86(73)102-89(75)60-69/h1-60H. The van der Waals surface area contributed by atoms with Gasteiger partial charge in [0.05, 0.1) is 43.5 Å². The average molecular weight is 1370 g/mol. The molecule has 104 heavy (non-hydrogen) atoms. The zero-order chi connectivity index (χ0) is 68.3. The molecular weight excluding hydrogens is 1310 g/mol. The van der Waals surface area contributed by atoms with Crippen LogP contribution < -0.4 is 19.6 Å². The van der Waals surface area contributed by atoms with E-state index in [-0.39, 0.29) is 0 Å². The summed E-state index contributed by atoms with van der Waals surface area (Å²) in [5.41, 5.74) is 18.6. The second kappa shape index (κ2) is 24.3. The largest absolute Gasteiger partial charge is 0.456 e. The summed E-state index contributed by atoms with van der Waals surface area (Å²) >= 11 is 3.70. The fourth-order valence-corrected chi connectivity index (χ4v) is 18.7. The number of fused-ring (bicyclic) bond motifs is 16. The van der Waals surface area contributed by atoms with Crippen molar-refractivity contribution in [2.45, 2.75) is 0 Å². The molecule has 0 unspecified atom stereocenters. The molecule has 0 aliphatic heterocycles. The van der Waals surface area contributed by atoms with Gasteiger partial charge in [-0.25, -0.2) is 0 Å². The number of anilines is 12. The Balaban J connectivity index is 0.753.